The van der Waals surface area contributed by atoms with Gasteiger partial charge in [-0.05, 0) is 29.8 Å². The number of ether oxygens (including phenoxy) is 2. The maximum atomic E-state index is 13.9. The van der Waals surface area contributed by atoms with Gasteiger partial charge in [0.25, 0.3) is 0 Å². The molecule has 1 unspecified atom stereocenters. The van der Waals surface area contributed by atoms with Crippen LogP contribution in [0.4, 0.5) is 4.39 Å². The van der Waals surface area contributed by atoms with Gasteiger partial charge in [0.15, 0.2) is 0 Å². The van der Waals surface area contributed by atoms with Gasteiger partial charge in [-0.15, -0.1) is 11.6 Å². The monoisotopic (exact) mass is 280 g/mol. The Morgan fingerprint density at radius 1 is 1.00 bits per heavy atom. The Bertz CT molecular complexity index is 555. The van der Waals surface area contributed by atoms with Crippen LogP contribution in [0, 0.1) is 5.82 Å². The first-order chi connectivity index (χ1) is 9.17. The van der Waals surface area contributed by atoms with Crippen molar-refractivity contribution in [1.29, 1.82) is 0 Å². The maximum absolute atomic E-state index is 13.9. The Morgan fingerprint density at radius 2 is 1.68 bits per heavy atom. The lowest BCUT2D eigenvalue weighted by Gasteiger charge is -2.15. The lowest BCUT2D eigenvalue weighted by molar-refractivity contribution is 0.405. The van der Waals surface area contributed by atoms with Crippen LogP contribution in [-0.2, 0) is 0 Å². The normalized spacial score (nSPS) is 12.0. The Labute approximate surface area is 116 Å². The molecular formula is C15H14ClFO2. The van der Waals surface area contributed by atoms with Crippen molar-refractivity contribution in [2.24, 2.45) is 0 Å². The van der Waals surface area contributed by atoms with Crippen LogP contribution < -0.4 is 9.47 Å². The van der Waals surface area contributed by atoms with E-state index in [1.807, 2.05) is 12.1 Å². The number of hydrogen-bond acceptors (Lipinski definition) is 2. The van der Waals surface area contributed by atoms with Crippen LogP contribution in [0.15, 0.2) is 42.5 Å². The Hall–Kier alpha value is -1.74. The molecule has 0 aromatic heterocycles. The number of hydrogen-bond donors (Lipinski definition) is 0. The van der Waals surface area contributed by atoms with E-state index in [0.29, 0.717) is 11.3 Å². The molecule has 2 nitrogen and oxygen atoms in total. The van der Waals surface area contributed by atoms with Gasteiger partial charge in [0.05, 0.1) is 25.2 Å². The second kappa shape index (κ2) is 5.93. The van der Waals surface area contributed by atoms with Crippen molar-refractivity contribution in [3.05, 3.63) is 59.4 Å². The van der Waals surface area contributed by atoms with Gasteiger partial charge < -0.3 is 9.47 Å². The summed E-state index contributed by atoms with van der Waals surface area (Å²) in [7, 11) is 3.09. The van der Waals surface area contributed by atoms with E-state index in [1.54, 1.807) is 31.4 Å². The van der Waals surface area contributed by atoms with Gasteiger partial charge in [-0.2, -0.15) is 0 Å². The summed E-state index contributed by atoms with van der Waals surface area (Å²) in [5.74, 6) is 0.791. The molecule has 1 atom stereocenters. The highest BCUT2D eigenvalue weighted by Gasteiger charge is 2.20. The second-order valence-corrected chi connectivity index (χ2v) is 4.43. The third-order valence-corrected chi connectivity index (χ3v) is 3.36. The highest BCUT2D eigenvalue weighted by atomic mass is 35.5. The average molecular weight is 281 g/mol. The third kappa shape index (κ3) is 2.82. The SMILES string of the molecule is COc1ccc(C(Cl)c2c(F)cccc2OC)cc1. The molecule has 0 radical (unpaired) electrons. The number of alkyl halides is 1. The van der Waals surface area contributed by atoms with Crippen molar-refractivity contribution in [3.63, 3.8) is 0 Å². The molecule has 2 aromatic rings. The fourth-order valence-corrected chi connectivity index (χ4v) is 2.24. The quantitative estimate of drug-likeness (QED) is 0.783. The highest BCUT2D eigenvalue weighted by molar-refractivity contribution is 6.22. The van der Waals surface area contributed by atoms with Gasteiger partial charge in [-0.25, -0.2) is 4.39 Å². The predicted octanol–water partition coefficient (Wildman–Crippen LogP) is 4.17. The molecule has 0 heterocycles. The number of methoxy groups -OCH3 is 2. The van der Waals surface area contributed by atoms with Crippen LogP contribution in [0.2, 0.25) is 0 Å². The first-order valence-corrected chi connectivity index (χ1v) is 6.21. The largest absolute Gasteiger partial charge is 0.497 e. The van der Waals surface area contributed by atoms with Crippen molar-refractivity contribution in [2.75, 3.05) is 14.2 Å². The van der Waals surface area contributed by atoms with E-state index in [1.165, 1.54) is 13.2 Å². The van der Waals surface area contributed by atoms with Gasteiger partial charge in [0.1, 0.15) is 17.3 Å². The van der Waals surface area contributed by atoms with Crippen LogP contribution >= 0.6 is 11.6 Å². The minimum absolute atomic E-state index is 0.344. The molecule has 2 aromatic carbocycles. The predicted molar refractivity (Wildman–Crippen MR) is 73.6 cm³/mol. The van der Waals surface area contributed by atoms with Crippen LogP contribution in [0.5, 0.6) is 11.5 Å². The van der Waals surface area contributed by atoms with Gasteiger partial charge in [-0.1, -0.05) is 18.2 Å². The maximum Gasteiger partial charge on any atom is 0.131 e. The topological polar surface area (TPSA) is 18.5 Å². The molecule has 0 spiro atoms. The van der Waals surface area contributed by atoms with Crippen molar-refractivity contribution in [3.8, 4) is 11.5 Å². The molecule has 0 saturated carbocycles. The van der Waals surface area contributed by atoms with E-state index in [0.717, 1.165) is 11.3 Å². The fraction of sp³-hybridized carbons (Fsp3) is 0.200. The standard InChI is InChI=1S/C15H14ClFO2/c1-18-11-8-6-10(7-9-11)15(16)14-12(17)4-3-5-13(14)19-2/h3-9,15H,1-2H3. The van der Waals surface area contributed by atoms with Crippen LogP contribution in [-0.4, -0.2) is 14.2 Å². The van der Waals surface area contributed by atoms with Crippen molar-refractivity contribution >= 4 is 11.6 Å². The third-order valence-electron chi connectivity index (χ3n) is 2.89. The van der Waals surface area contributed by atoms with E-state index in [9.17, 15) is 4.39 Å². The summed E-state index contributed by atoms with van der Waals surface area (Å²) in [5.41, 5.74) is 1.13. The molecule has 0 bridgehead atoms. The zero-order valence-electron chi connectivity index (χ0n) is 10.7. The van der Waals surface area contributed by atoms with Gasteiger partial charge in [-0.3, -0.25) is 0 Å². The van der Waals surface area contributed by atoms with Crippen LogP contribution in [0.25, 0.3) is 0 Å². The molecule has 0 saturated heterocycles. The highest BCUT2D eigenvalue weighted by Crippen LogP contribution is 2.37. The first kappa shape index (κ1) is 13.7. The minimum atomic E-state index is -0.609. The summed E-state index contributed by atoms with van der Waals surface area (Å²) in [6.45, 7) is 0. The summed E-state index contributed by atoms with van der Waals surface area (Å²) in [6, 6.07) is 11.9. The van der Waals surface area contributed by atoms with Crippen LogP contribution in [0.1, 0.15) is 16.5 Å². The van der Waals surface area contributed by atoms with Gasteiger partial charge >= 0.3 is 0 Å². The molecule has 19 heavy (non-hydrogen) atoms. The number of benzene rings is 2. The second-order valence-electron chi connectivity index (χ2n) is 3.99. The Morgan fingerprint density at radius 3 is 2.26 bits per heavy atom. The first-order valence-electron chi connectivity index (χ1n) is 5.77. The summed E-state index contributed by atoms with van der Waals surface area (Å²) < 4.78 is 24.2. The van der Waals surface area contributed by atoms with Crippen molar-refractivity contribution < 1.29 is 13.9 Å². The summed E-state index contributed by atoms with van der Waals surface area (Å²) in [5, 5.41) is -0.609. The molecule has 0 aliphatic heterocycles. The summed E-state index contributed by atoms with van der Waals surface area (Å²) in [4.78, 5) is 0. The molecule has 0 fully saturated rings. The van der Waals surface area contributed by atoms with E-state index in [2.05, 4.69) is 0 Å². The number of halogens is 2. The van der Waals surface area contributed by atoms with Crippen molar-refractivity contribution in [1.82, 2.24) is 0 Å². The summed E-state index contributed by atoms with van der Waals surface area (Å²) >= 11 is 6.36. The zero-order chi connectivity index (χ0) is 13.8. The number of rotatable bonds is 4. The smallest absolute Gasteiger partial charge is 0.131 e. The molecule has 100 valence electrons. The van der Waals surface area contributed by atoms with Crippen molar-refractivity contribution in [2.45, 2.75) is 5.38 Å². The lowest BCUT2D eigenvalue weighted by atomic mass is 10.0. The Balaban J connectivity index is 2.40. The van der Waals surface area contributed by atoms with Gasteiger partial charge in [0.2, 0.25) is 0 Å². The molecule has 0 aliphatic rings. The van der Waals surface area contributed by atoms with E-state index < -0.39 is 5.38 Å². The molecule has 2 rings (SSSR count). The van der Waals surface area contributed by atoms with E-state index in [-0.39, 0.29) is 5.82 Å². The summed E-state index contributed by atoms with van der Waals surface area (Å²) in [6.07, 6.45) is 0. The van der Waals surface area contributed by atoms with E-state index in [4.69, 9.17) is 21.1 Å². The van der Waals surface area contributed by atoms with Crippen LogP contribution in [0.3, 0.4) is 0 Å². The molecule has 0 N–H and O–H groups in total. The Kier molecular flexibility index (Phi) is 4.27. The molecule has 0 amide bonds. The van der Waals surface area contributed by atoms with Gasteiger partial charge in [0, 0.05) is 0 Å². The zero-order valence-corrected chi connectivity index (χ0v) is 11.4. The average Bonchev–Trinajstić information content (AvgIpc) is 2.46. The lowest BCUT2D eigenvalue weighted by Crippen LogP contribution is -2.01. The fourth-order valence-electron chi connectivity index (χ4n) is 1.88. The molecular weight excluding hydrogens is 267 g/mol. The minimum Gasteiger partial charge on any atom is -0.497 e. The van der Waals surface area contributed by atoms with E-state index >= 15 is 0 Å². The molecule has 4 heteroatoms. The molecule has 0 aliphatic carbocycles.